The van der Waals surface area contributed by atoms with Gasteiger partial charge in [-0.3, -0.25) is 4.79 Å². The van der Waals surface area contributed by atoms with E-state index < -0.39 is 0 Å². The molecule has 10 heavy (non-hydrogen) atoms. The summed E-state index contributed by atoms with van der Waals surface area (Å²) in [7, 11) is 0. The molecule has 0 bridgehead atoms. The maximum atomic E-state index is 10.7. The number of hydrogen-bond donors (Lipinski definition) is 1. The number of nitrogens with one attached hydrogen (secondary N) is 1. The van der Waals surface area contributed by atoms with Gasteiger partial charge in [0.2, 0.25) is 0 Å². The molecule has 60 valence electrons. The van der Waals surface area contributed by atoms with Crippen molar-refractivity contribution in [2.75, 3.05) is 6.54 Å². The molecule has 0 radical (unpaired) electrons. The van der Waals surface area contributed by atoms with Gasteiger partial charge in [0, 0.05) is 0 Å². The van der Waals surface area contributed by atoms with E-state index in [0.717, 1.165) is 13.0 Å². The number of carbonyl (C=O) groups is 1. The zero-order valence-corrected chi connectivity index (χ0v) is 7.31. The van der Waals surface area contributed by atoms with E-state index in [0.29, 0.717) is 0 Å². The monoisotopic (exact) mass is 161 g/mol. The van der Waals surface area contributed by atoms with Gasteiger partial charge in [-0.25, -0.2) is 0 Å². The lowest BCUT2D eigenvalue weighted by atomic mass is 10.0. The number of ketones is 1. The number of carbonyl (C=O) groups excluding carboxylic acids is 1. The summed E-state index contributed by atoms with van der Waals surface area (Å²) in [6, 6.07) is 0.166. The highest BCUT2D eigenvalue weighted by molar-refractivity contribution is 7.59. The van der Waals surface area contributed by atoms with E-state index in [-0.39, 0.29) is 25.3 Å². The molecule has 2 nitrogen and oxygen atoms in total. The van der Waals surface area contributed by atoms with Gasteiger partial charge in [-0.05, 0) is 26.3 Å². The molecule has 0 unspecified atom stereocenters. The Morgan fingerprint density at radius 3 is 2.50 bits per heavy atom. The number of Topliss-reactive ketones (excluding diaryl/α,β-unsaturated/α-hetero) is 1. The van der Waals surface area contributed by atoms with E-state index in [4.69, 9.17) is 0 Å². The average Bonchev–Trinajstić information content (AvgIpc) is 1.90. The van der Waals surface area contributed by atoms with Gasteiger partial charge in [0.15, 0.2) is 0 Å². The van der Waals surface area contributed by atoms with Crippen molar-refractivity contribution in [3.63, 3.8) is 0 Å². The zero-order valence-electron chi connectivity index (χ0n) is 6.31. The normalized spacial score (nSPS) is 25.1. The van der Waals surface area contributed by atoms with Crippen LogP contribution in [0.15, 0.2) is 0 Å². The molecule has 1 fully saturated rings. The summed E-state index contributed by atoms with van der Waals surface area (Å²) in [6.07, 6.45) is 3.47. The fourth-order valence-electron chi connectivity index (χ4n) is 1.20. The van der Waals surface area contributed by atoms with Crippen LogP contribution in [0.2, 0.25) is 0 Å². The Morgan fingerprint density at radius 1 is 1.50 bits per heavy atom. The molecule has 1 rings (SSSR count). The maximum Gasteiger partial charge on any atom is 0.146 e. The van der Waals surface area contributed by atoms with Gasteiger partial charge in [-0.2, -0.15) is 13.5 Å². The second-order valence-electron chi connectivity index (χ2n) is 2.61. The Bertz CT molecular complexity index is 110. The lowest BCUT2D eigenvalue weighted by molar-refractivity contribution is -0.119. The van der Waals surface area contributed by atoms with Crippen LogP contribution in [0.4, 0.5) is 0 Å². The van der Waals surface area contributed by atoms with Crippen LogP contribution in [-0.4, -0.2) is 18.4 Å². The van der Waals surface area contributed by atoms with Crippen LogP contribution < -0.4 is 5.32 Å². The highest BCUT2D eigenvalue weighted by Crippen LogP contribution is 2.06. The molecule has 0 amide bonds. The third-order valence-electron chi connectivity index (χ3n) is 1.80. The SMILES string of the molecule is CC(=O)[C@@H]1CCCCN1.S. The zero-order chi connectivity index (χ0) is 6.69. The van der Waals surface area contributed by atoms with Crippen molar-refractivity contribution in [2.24, 2.45) is 0 Å². The highest BCUT2D eigenvalue weighted by Gasteiger charge is 2.15. The largest absolute Gasteiger partial charge is 0.307 e. The van der Waals surface area contributed by atoms with Gasteiger partial charge >= 0.3 is 0 Å². The molecule has 1 saturated heterocycles. The highest BCUT2D eigenvalue weighted by atomic mass is 32.1. The van der Waals surface area contributed by atoms with Gasteiger partial charge in [0.25, 0.3) is 0 Å². The van der Waals surface area contributed by atoms with Crippen LogP contribution in [0, 0.1) is 0 Å². The van der Waals surface area contributed by atoms with E-state index >= 15 is 0 Å². The molecule has 0 aromatic heterocycles. The number of piperidine rings is 1. The third-order valence-corrected chi connectivity index (χ3v) is 1.80. The van der Waals surface area contributed by atoms with Crippen molar-refractivity contribution in [2.45, 2.75) is 32.2 Å². The molecule has 0 aliphatic carbocycles. The second-order valence-corrected chi connectivity index (χ2v) is 2.61. The van der Waals surface area contributed by atoms with Crippen molar-refractivity contribution in [1.82, 2.24) is 5.32 Å². The molecule has 1 aliphatic heterocycles. The van der Waals surface area contributed by atoms with Gasteiger partial charge in [-0.1, -0.05) is 6.42 Å². The van der Waals surface area contributed by atoms with Crippen LogP contribution in [0.5, 0.6) is 0 Å². The molecule has 3 heteroatoms. The molecular weight excluding hydrogens is 146 g/mol. The quantitative estimate of drug-likeness (QED) is 0.617. The van der Waals surface area contributed by atoms with E-state index in [1.165, 1.54) is 12.8 Å². The first-order valence-electron chi connectivity index (χ1n) is 3.54. The molecular formula is C7H15NOS. The summed E-state index contributed by atoms with van der Waals surface area (Å²) in [4.78, 5) is 10.7. The fourth-order valence-corrected chi connectivity index (χ4v) is 1.20. The first-order chi connectivity index (χ1) is 4.30. The van der Waals surface area contributed by atoms with E-state index in [1.54, 1.807) is 6.92 Å². The summed E-state index contributed by atoms with van der Waals surface area (Å²) in [6.45, 7) is 2.67. The minimum absolute atomic E-state index is 0. The summed E-state index contributed by atoms with van der Waals surface area (Å²) in [5.74, 6) is 0.287. The standard InChI is InChI=1S/C7H13NO.H2S/c1-6(9)7-4-2-3-5-8-7;/h7-8H,2-5H2,1H3;1H2/t7-;/m0./s1. The van der Waals surface area contributed by atoms with Crippen molar-refractivity contribution in [3.8, 4) is 0 Å². The summed E-state index contributed by atoms with van der Waals surface area (Å²) >= 11 is 0. The average molecular weight is 161 g/mol. The summed E-state index contributed by atoms with van der Waals surface area (Å²) in [5, 5.41) is 3.17. The van der Waals surface area contributed by atoms with Crippen LogP contribution >= 0.6 is 13.5 Å². The topological polar surface area (TPSA) is 29.1 Å². The molecule has 0 aromatic rings. The Labute approximate surface area is 68.8 Å². The van der Waals surface area contributed by atoms with Crippen molar-refractivity contribution >= 4 is 19.3 Å². The Kier molecular flexibility index (Phi) is 4.73. The minimum Gasteiger partial charge on any atom is -0.307 e. The second kappa shape index (κ2) is 4.74. The van der Waals surface area contributed by atoms with Crippen LogP contribution in [0.25, 0.3) is 0 Å². The number of hydrogen-bond acceptors (Lipinski definition) is 2. The first-order valence-corrected chi connectivity index (χ1v) is 3.54. The molecule has 0 saturated carbocycles. The van der Waals surface area contributed by atoms with Crippen LogP contribution in [0.3, 0.4) is 0 Å². The number of rotatable bonds is 1. The van der Waals surface area contributed by atoms with Crippen LogP contribution in [-0.2, 0) is 4.79 Å². The Morgan fingerprint density at radius 2 is 2.20 bits per heavy atom. The molecule has 1 heterocycles. The summed E-state index contributed by atoms with van der Waals surface area (Å²) < 4.78 is 0. The predicted octanol–water partition coefficient (Wildman–Crippen LogP) is 0.830. The maximum absolute atomic E-state index is 10.7. The van der Waals surface area contributed by atoms with E-state index in [2.05, 4.69) is 5.32 Å². The van der Waals surface area contributed by atoms with Crippen molar-refractivity contribution in [3.05, 3.63) is 0 Å². The van der Waals surface area contributed by atoms with Crippen molar-refractivity contribution < 1.29 is 4.79 Å². The third kappa shape index (κ3) is 2.71. The smallest absolute Gasteiger partial charge is 0.146 e. The van der Waals surface area contributed by atoms with E-state index in [1.807, 2.05) is 0 Å². The molecule has 1 aliphatic rings. The van der Waals surface area contributed by atoms with Crippen molar-refractivity contribution in [1.29, 1.82) is 0 Å². The molecule has 0 spiro atoms. The first kappa shape index (κ1) is 9.98. The lowest BCUT2D eigenvalue weighted by Gasteiger charge is -2.20. The minimum atomic E-state index is 0. The van der Waals surface area contributed by atoms with Gasteiger partial charge in [0.05, 0.1) is 6.04 Å². The lowest BCUT2D eigenvalue weighted by Crippen LogP contribution is -2.38. The van der Waals surface area contributed by atoms with E-state index in [9.17, 15) is 4.79 Å². The predicted molar refractivity (Wildman–Crippen MR) is 46.7 cm³/mol. The van der Waals surface area contributed by atoms with Gasteiger partial charge in [0.1, 0.15) is 5.78 Å². The Hall–Kier alpha value is -0.0200. The van der Waals surface area contributed by atoms with Gasteiger partial charge < -0.3 is 5.32 Å². The molecule has 1 N–H and O–H groups in total. The van der Waals surface area contributed by atoms with Crippen LogP contribution in [0.1, 0.15) is 26.2 Å². The fraction of sp³-hybridized carbons (Fsp3) is 0.857. The Balaban J connectivity index is 0.000000810. The van der Waals surface area contributed by atoms with Gasteiger partial charge in [-0.15, -0.1) is 0 Å². The molecule has 0 aromatic carbocycles. The molecule has 1 atom stereocenters. The summed E-state index contributed by atoms with van der Waals surface area (Å²) in [5.41, 5.74) is 0.